The summed E-state index contributed by atoms with van der Waals surface area (Å²) in [5, 5.41) is 4.36. The molecule has 0 amide bonds. The van der Waals surface area contributed by atoms with E-state index in [2.05, 4.69) is 18.9 Å². The lowest BCUT2D eigenvalue weighted by molar-refractivity contribution is -0.0692. The van der Waals surface area contributed by atoms with E-state index in [1.165, 1.54) is 0 Å². The van der Waals surface area contributed by atoms with Crippen LogP contribution in [0, 0.1) is 5.92 Å². The molecule has 5 nitrogen and oxygen atoms in total. The number of methoxy groups -OCH3 is 2. The predicted octanol–water partition coefficient (Wildman–Crippen LogP) is 2.51. The van der Waals surface area contributed by atoms with Gasteiger partial charge in [-0.2, -0.15) is 5.10 Å². The van der Waals surface area contributed by atoms with Crippen molar-refractivity contribution < 1.29 is 9.47 Å². The fourth-order valence-electron chi connectivity index (χ4n) is 3.24. The highest BCUT2D eigenvalue weighted by atomic mass is 16.5. The van der Waals surface area contributed by atoms with Crippen LogP contribution in [0.25, 0.3) is 0 Å². The maximum atomic E-state index is 6.59. The van der Waals surface area contributed by atoms with E-state index in [1.807, 2.05) is 4.68 Å². The van der Waals surface area contributed by atoms with E-state index in [-0.39, 0.29) is 11.6 Å². The Hall–Kier alpha value is -1.07. The summed E-state index contributed by atoms with van der Waals surface area (Å²) < 4.78 is 13.2. The van der Waals surface area contributed by atoms with Crippen molar-refractivity contribution in [2.45, 2.75) is 57.7 Å². The minimum Gasteiger partial charge on any atom is -0.493 e. The highest BCUT2D eigenvalue weighted by Crippen LogP contribution is 2.43. The average Bonchev–Trinajstić information content (AvgIpc) is 2.90. The molecular weight excluding hydrogens is 254 g/mol. The Bertz CT molecular complexity index is 415. The number of aromatic nitrogens is 2. The molecule has 1 heterocycles. The maximum Gasteiger partial charge on any atom is 0.161 e. The van der Waals surface area contributed by atoms with Crippen molar-refractivity contribution in [1.82, 2.24) is 9.78 Å². The molecule has 20 heavy (non-hydrogen) atoms. The standard InChI is InChI=1S/C15H27N3O2/c1-5-18-13(12(19-3)10-17-18)14(16)15(20-4)8-6-11(2)7-9-15/h10-11,14H,5-9,16H2,1-4H3. The minimum absolute atomic E-state index is 0.211. The van der Waals surface area contributed by atoms with Crippen molar-refractivity contribution >= 4 is 0 Å². The van der Waals surface area contributed by atoms with E-state index in [1.54, 1.807) is 20.4 Å². The second-order valence-corrected chi connectivity index (χ2v) is 5.84. The Morgan fingerprint density at radius 1 is 1.45 bits per heavy atom. The van der Waals surface area contributed by atoms with Crippen molar-refractivity contribution in [1.29, 1.82) is 0 Å². The van der Waals surface area contributed by atoms with Gasteiger partial charge in [0.05, 0.1) is 30.6 Å². The van der Waals surface area contributed by atoms with Gasteiger partial charge in [-0.05, 0) is 38.5 Å². The molecule has 1 fully saturated rings. The Kier molecular flexibility index (Phi) is 4.70. The Morgan fingerprint density at radius 2 is 2.10 bits per heavy atom. The predicted molar refractivity (Wildman–Crippen MR) is 78.8 cm³/mol. The van der Waals surface area contributed by atoms with Crippen LogP contribution in [0.1, 0.15) is 51.3 Å². The van der Waals surface area contributed by atoms with Gasteiger partial charge in [0.25, 0.3) is 0 Å². The molecule has 1 saturated carbocycles. The van der Waals surface area contributed by atoms with Gasteiger partial charge in [0, 0.05) is 13.7 Å². The molecule has 0 saturated heterocycles. The molecule has 0 radical (unpaired) electrons. The lowest BCUT2D eigenvalue weighted by Crippen LogP contribution is -2.46. The first kappa shape index (κ1) is 15.3. The van der Waals surface area contributed by atoms with Gasteiger partial charge in [0.1, 0.15) is 0 Å². The largest absolute Gasteiger partial charge is 0.493 e. The molecule has 0 bridgehead atoms. The number of nitrogens with two attached hydrogens (primary N) is 1. The van der Waals surface area contributed by atoms with Crippen molar-refractivity contribution in [2.24, 2.45) is 11.7 Å². The van der Waals surface area contributed by atoms with Crippen LogP contribution in [0.2, 0.25) is 0 Å². The van der Waals surface area contributed by atoms with Crippen molar-refractivity contribution in [2.75, 3.05) is 14.2 Å². The first-order chi connectivity index (χ1) is 9.57. The number of aryl methyl sites for hydroxylation is 1. The number of ether oxygens (including phenoxy) is 2. The van der Waals surface area contributed by atoms with Crippen molar-refractivity contribution in [3.63, 3.8) is 0 Å². The van der Waals surface area contributed by atoms with Gasteiger partial charge in [-0.15, -0.1) is 0 Å². The number of rotatable bonds is 5. The summed E-state index contributed by atoms with van der Waals surface area (Å²) >= 11 is 0. The zero-order chi connectivity index (χ0) is 14.8. The molecule has 1 aliphatic carbocycles. The highest BCUT2D eigenvalue weighted by molar-refractivity contribution is 5.30. The smallest absolute Gasteiger partial charge is 0.161 e. The van der Waals surface area contributed by atoms with Crippen LogP contribution in [0.4, 0.5) is 0 Å². The van der Waals surface area contributed by atoms with Gasteiger partial charge >= 0.3 is 0 Å². The lowest BCUT2D eigenvalue weighted by atomic mass is 9.74. The molecule has 5 heteroatoms. The van der Waals surface area contributed by atoms with Gasteiger partial charge < -0.3 is 15.2 Å². The summed E-state index contributed by atoms with van der Waals surface area (Å²) in [6, 6.07) is -0.211. The Labute approximate surface area is 121 Å². The second kappa shape index (κ2) is 6.14. The van der Waals surface area contributed by atoms with E-state index >= 15 is 0 Å². The molecule has 2 N–H and O–H groups in total. The third-order valence-corrected chi connectivity index (χ3v) is 4.75. The summed E-state index contributed by atoms with van der Waals surface area (Å²) in [6.07, 6.45) is 6.04. The first-order valence-electron chi connectivity index (χ1n) is 7.48. The van der Waals surface area contributed by atoms with Crippen LogP contribution >= 0.6 is 0 Å². The minimum atomic E-state index is -0.299. The quantitative estimate of drug-likeness (QED) is 0.900. The molecule has 0 aliphatic heterocycles. The Balaban J connectivity index is 2.33. The SMILES string of the molecule is CCn1ncc(OC)c1C(N)C1(OC)CCC(C)CC1. The topological polar surface area (TPSA) is 62.3 Å². The number of hydrogen-bond acceptors (Lipinski definition) is 4. The summed E-state index contributed by atoms with van der Waals surface area (Å²) in [5.74, 6) is 1.51. The van der Waals surface area contributed by atoms with Crippen LogP contribution in [0.15, 0.2) is 6.20 Å². The molecule has 0 aromatic carbocycles. The van der Waals surface area contributed by atoms with Crippen molar-refractivity contribution in [3.05, 3.63) is 11.9 Å². The van der Waals surface area contributed by atoms with Gasteiger partial charge in [-0.3, -0.25) is 4.68 Å². The monoisotopic (exact) mass is 281 g/mol. The van der Waals surface area contributed by atoms with Crippen LogP contribution < -0.4 is 10.5 Å². The maximum absolute atomic E-state index is 6.59. The van der Waals surface area contributed by atoms with Crippen LogP contribution in [-0.4, -0.2) is 29.6 Å². The lowest BCUT2D eigenvalue weighted by Gasteiger charge is -2.42. The van der Waals surface area contributed by atoms with Crippen molar-refractivity contribution in [3.8, 4) is 5.75 Å². The molecule has 0 spiro atoms. The average molecular weight is 281 g/mol. The van der Waals surface area contributed by atoms with E-state index < -0.39 is 0 Å². The molecule has 114 valence electrons. The molecule has 1 aromatic rings. The van der Waals surface area contributed by atoms with Gasteiger partial charge in [0.2, 0.25) is 0 Å². The van der Waals surface area contributed by atoms with E-state index in [0.29, 0.717) is 0 Å². The van der Waals surface area contributed by atoms with Crippen LogP contribution in [-0.2, 0) is 11.3 Å². The normalized spacial score (nSPS) is 28.4. The molecule has 1 aliphatic rings. The van der Waals surface area contributed by atoms with Gasteiger partial charge in [0.15, 0.2) is 5.75 Å². The highest BCUT2D eigenvalue weighted by Gasteiger charge is 2.43. The molecular formula is C15H27N3O2. The van der Waals surface area contributed by atoms with E-state index in [0.717, 1.165) is 49.6 Å². The fraction of sp³-hybridized carbons (Fsp3) is 0.800. The van der Waals surface area contributed by atoms with Crippen LogP contribution in [0.5, 0.6) is 5.75 Å². The van der Waals surface area contributed by atoms with Crippen LogP contribution in [0.3, 0.4) is 0 Å². The Morgan fingerprint density at radius 3 is 2.60 bits per heavy atom. The summed E-state index contributed by atoms with van der Waals surface area (Å²) in [5.41, 5.74) is 7.24. The van der Waals surface area contributed by atoms with E-state index in [4.69, 9.17) is 15.2 Å². The summed E-state index contributed by atoms with van der Waals surface area (Å²) in [7, 11) is 3.44. The second-order valence-electron chi connectivity index (χ2n) is 5.84. The van der Waals surface area contributed by atoms with Gasteiger partial charge in [-0.1, -0.05) is 6.92 Å². The fourth-order valence-corrected chi connectivity index (χ4v) is 3.24. The number of nitrogens with zero attached hydrogens (tertiary/aromatic N) is 2. The summed E-state index contributed by atoms with van der Waals surface area (Å²) in [6.45, 7) is 5.13. The molecule has 2 rings (SSSR count). The molecule has 1 aromatic heterocycles. The zero-order valence-electron chi connectivity index (χ0n) is 13.1. The molecule has 1 unspecified atom stereocenters. The third kappa shape index (κ3) is 2.56. The van der Waals surface area contributed by atoms with Gasteiger partial charge in [-0.25, -0.2) is 0 Å². The molecule has 1 atom stereocenters. The van der Waals surface area contributed by atoms with E-state index in [9.17, 15) is 0 Å². The third-order valence-electron chi connectivity index (χ3n) is 4.75. The number of hydrogen-bond donors (Lipinski definition) is 1. The zero-order valence-corrected chi connectivity index (χ0v) is 13.1. The first-order valence-corrected chi connectivity index (χ1v) is 7.48. The summed E-state index contributed by atoms with van der Waals surface area (Å²) in [4.78, 5) is 0.